The van der Waals surface area contributed by atoms with Crippen LogP contribution in [0.4, 0.5) is 0 Å². The fourth-order valence-electron chi connectivity index (χ4n) is 1.56. The molecule has 1 aromatic carbocycles. The van der Waals surface area contributed by atoms with E-state index >= 15 is 0 Å². The van der Waals surface area contributed by atoms with E-state index < -0.39 is 10.0 Å². The molecule has 0 saturated carbocycles. The SMILES string of the molecule is COCCN(CCBr)S(=O)(=O)c1cccc(C)c1. The molecule has 0 atom stereocenters. The Kier molecular flexibility index (Phi) is 6.28. The average Bonchev–Trinajstić information content (AvgIpc) is 2.34. The molecule has 0 aliphatic rings. The van der Waals surface area contributed by atoms with Gasteiger partial charge in [0.1, 0.15) is 0 Å². The van der Waals surface area contributed by atoms with Crippen molar-refractivity contribution in [2.45, 2.75) is 11.8 Å². The first kappa shape index (κ1) is 15.6. The number of nitrogens with zero attached hydrogens (tertiary/aromatic N) is 1. The number of halogens is 1. The summed E-state index contributed by atoms with van der Waals surface area (Å²) in [6, 6.07) is 6.94. The van der Waals surface area contributed by atoms with Gasteiger partial charge < -0.3 is 4.74 Å². The summed E-state index contributed by atoms with van der Waals surface area (Å²) in [6.45, 7) is 3.05. The second-order valence-electron chi connectivity index (χ2n) is 3.90. The molecule has 6 heteroatoms. The van der Waals surface area contributed by atoms with Crippen molar-refractivity contribution in [3.8, 4) is 0 Å². The number of rotatable bonds is 7. The maximum absolute atomic E-state index is 12.4. The minimum absolute atomic E-state index is 0.333. The van der Waals surface area contributed by atoms with Crippen LogP contribution in [0.2, 0.25) is 0 Å². The summed E-state index contributed by atoms with van der Waals surface area (Å²) >= 11 is 3.27. The Morgan fingerprint density at radius 1 is 1.33 bits per heavy atom. The molecule has 0 unspecified atom stereocenters. The number of methoxy groups -OCH3 is 1. The molecule has 0 N–H and O–H groups in total. The number of alkyl halides is 1. The van der Waals surface area contributed by atoms with Crippen LogP contribution in [0.5, 0.6) is 0 Å². The van der Waals surface area contributed by atoms with Crippen molar-refractivity contribution >= 4 is 26.0 Å². The molecule has 102 valence electrons. The maximum atomic E-state index is 12.4. The third-order valence-electron chi connectivity index (χ3n) is 2.51. The number of aryl methyl sites for hydroxylation is 1. The predicted molar refractivity (Wildman–Crippen MR) is 75.6 cm³/mol. The van der Waals surface area contributed by atoms with Crippen LogP contribution in [0.15, 0.2) is 29.2 Å². The van der Waals surface area contributed by atoms with Gasteiger partial charge in [-0.25, -0.2) is 8.42 Å². The normalized spacial score (nSPS) is 12.0. The lowest BCUT2D eigenvalue weighted by molar-refractivity contribution is 0.181. The molecule has 4 nitrogen and oxygen atoms in total. The van der Waals surface area contributed by atoms with Crippen LogP contribution < -0.4 is 0 Å². The van der Waals surface area contributed by atoms with Crippen LogP contribution in [-0.2, 0) is 14.8 Å². The minimum atomic E-state index is -3.43. The Balaban J connectivity index is 3.00. The smallest absolute Gasteiger partial charge is 0.243 e. The van der Waals surface area contributed by atoms with Gasteiger partial charge in [0.2, 0.25) is 10.0 Å². The van der Waals surface area contributed by atoms with Crippen LogP contribution in [0, 0.1) is 6.92 Å². The monoisotopic (exact) mass is 335 g/mol. The van der Waals surface area contributed by atoms with E-state index in [0.717, 1.165) is 5.56 Å². The van der Waals surface area contributed by atoms with Gasteiger partial charge in [-0.1, -0.05) is 28.1 Å². The molecule has 1 aromatic rings. The number of hydrogen-bond acceptors (Lipinski definition) is 3. The summed E-state index contributed by atoms with van der Waals surface area (Å²) < 4.78 is 31.2. The first-order valence-corrected chi connectivity index (χ1v) is 8.20. The first-order chi connectivity index (χ1) is 8.52. The van der Waals surface area contributed by atoms with E-state index in [-0.39, 0.29) is 0 Å². The molecule has 0 fully saturated rings. The van der Waals surface area contributed by atoms with Gasteiger partial charge in [0.05, 0.1) is 11.5 Å². The maximum Gasteiger partial charge on any atom is 0.243 e. The Hall–Kier alpha value is -0.430. The van der Waals surface area contributed by atoms with E-state index in [4.69, 9.17) is 4.74 Å². The lowest BCUT2D eigenvalue weighted by Gasteiger charge is -2.21. The van der Waals surface area contributed by atoms with Crippen molar-refractivity contribution < 1.29 is 13.2 Å². The van der Waals surface area contributed by atoms with Crippen molar-refractivity contribution in [1.82, 2.24) is 4.31 Å². The number of ether oxygens (including phenoxy) is 1. The van der Waals surface area contributed by atoms with Crippen LogP contribution in [0.25, 0.3) is 0 Å². The summed E-state index contributed by atoms with van der Waals surface area (Å²) in [6.07, 6.45) is 0. The van der Waals surface area contributed by atoms with Crippen LogP contribution >= 0.6 is 15.9 Å². The van der Waals surface area contributed by atoms with Crippen molar-refractivity contribution in [1.29, 1.82) is 0 Å². The van der Waals surface area contributed by atoms with E-state index in [2.05, 4.69) is 15.9 Å². The zero-order valence-electron chi connectivity index (χ0n) is 10.6. The molecular weight excluding hydrogens is 318 g/mol. The molecule has 0 heterocycles. The topological polar surface area (TPSA) is 46.6 Å². The molecule has 0 bridgehead atoms. The molecule has 0 radical (unpaired) electrons. The predicted octanol–water partition coefficient (Wildman–Crippen LogP) is 2.03. The minimum Gasteiger partial charge on any atom is -0.383 e. The molecule has 18 heavy (non-hydrogen) atoms. The molecule has 0 aromatic heterocycles. The standard InChI is InChI=1S/C12H18BrNO3S/c1-11-4-3-5-12(10-11)18(15,16)14(7-6-13)8-9-17-2/h3-5,10H,6-9H2,1-2H3. The Labute approximate surface area is 117 Å². The highest BCUT2D eigenvalue weighted by Crippen LogP contribution is 2.16. The highest BCUT2D eigenvalue weighted by molar-refractivity contribution is 9.09. The van der Waals surface area contributed by atoms with E-state index in [1.807, 2.05) is 13.0 Å². The van der Waals surface area contributed by atoms with Crippen LogP contribution in [-0.4, -0.2) is 44.9 Å². The van der Waals surface area contributed by atoms with Crippen molar-refractivity contribution in [2.75, 3.05) is 32.1 Å². The third-order valence-corrected chi connectivity index (χ3v) is 4.76. The fraction of sp³-hybridized carbons (Fsp3) is 0.500. The first-order valence-electron chi connectivity index (χ1n) is 5.64. The van der Waals surface area contributed by atoms with Crippen molar-refractivity contribution in [2.24, 2.45) is 0 Å². The lowest BCUT2D eigenvalue weighted by Crippen LogP contribution is -2.35. The van der Waals surface area contributed by atoms with Crippen LogP contribution in [0.3, 0.4) is 0 Å². The summed E-state index contributed by atoms with van der Waals surface area (Å²) in [5.74, 6) is 0. The van der Waals surface area contributed by atoms with Gasteiger partial charge in [0, 0.05) is 25.5 Å². The number of sulfonamides is 1. The molecule has 0 saturated heterocycles. The summed E-state index contributed by atoms with van der Waals surface area (Å²) in [7, 11) is -1.87. The lowest BCUT2D eigenvalue weighted by atomic mass is 10.2. The Bertz CT molecular complexity index is 476. The zero-order chi connectivity index (χ0) is 13.6. The summed E-state index contributed by atoms with van der Waals surface area (Å²) in [4.78, 5) is 0.333. The van der Waals surface area contributed by atoms with Gasteiger partial charge in [-0.2, -0.15) is 4.31 Å². The number of hydrogen-bond donors (Lipinski definition) is 0. The zero-order valence-corrected chi connectivity index (χ0v) is 13.0. The molecule has 0 amide bonds. The second-order valence-corrected chi connectivity index (χ2v) is 6.63. The average molecular weight is 336 g/mol. The molecule has 0 aliphatic carbocycles. The van der Waals surface area contributed by atoms with Crippen molar-refractivity contribution in [3.05, 3.63) is 29.8 Å². The summed E-state index contributed by atoms with van der Waals surface area (Å²) in [5.41, 5.74) is 0.932. The highest BCUT2D eigenvalue weighted by Gasteiger charge is 2.23. The quantitative estimate of drug-likeness (QED) is 0.716. The van der Waals surface area contributed by atoms with E-state index in [0.29, 0.717) is 29.9 Å². The van der Waals surface area contributed by atoms with Gasteiger partial charge in [0.15, 0.2) is 0 Å². The van der Waals surface area contributed by atoms with Gasteiger partial charge >= 0.3 is 0 Å². The Morgan fingerprint density at radius 3 is 2.61 bits per heavy atom. The van der Waals surface area contributed by atoms with Gasteiger partial charge in [-0.3, -0.25) is 0 Å². The Morgan fingerprint density at radius 2 is 2.06 bits per heavy atom. The van der Waals surface area contributed by atoms with E-state index in [9.17, 15) is 8.42 Å². The molecule has 1 rings (SSSR count). The molecular formula is C12H18BrNO3S. The molecule has 0 aliphatic heterocycles. The third kappa shape index (κ3) is 4.05. The van der Waals surface area contributed by atoms with E-state index in [1.165, 1.54) is 4.31 Å². The van der Waals surface area contributed by atoms with Crippen LogP contribution in [0.1, 0.15) is 5.56 Å². The van der Waals surface area contributed by atoms with Crippen molar-refractivity contribution in [3.63, 3.8) is 0 Å². The van der Waals surface area contributed by atoms with Gasteiger partial charge in [-0.05, 0) is 24.6 Å². The van der Waals surface area contributed by atoms with Gasteiger partial charge in [0.25, 0.3) is 0 Å². The molecule has 0 spiro atoms. The van der Waals surface area contributed by atoms with E-state index in [1.54, 1.807) is 25.3 Å². The summed E-state index contributed by atoms with van der Waals surface area (Å²) in [5, 5.41) is 0.599. The number of benzene rings is 1. The second kappa shape index (κ2) is 7.23. The fourth-order valence-corrected chi connectivity index (χ4v) is 3.76. The largest absolute Gasteiger partial charge is 0.383 e. The highest BCUT2D eigenvalue weighted by atomic mass is 79.9. The van der Waals surface area contributed by atoms with Gasteiger partial charge in [-0.15, -0.1) is 0 Å².